The largest absolute Gasteiger partial charge is 0.394 e. The molecule has 0 aliphatic heterocycles. The molecule has 0 aliphatic carbocycles. The van der Waals surface area contributed by atoms with Crippen molar-refractivity contribution in [2.24, 2.45) is 0 Å². The van der Waals surface area contributed by atoms with E-state index in [2.05, 4.69) is 26.2 Å². The highest BCUT2D eigenvalue weighted by Gasteiger charge is 2.11. The molecular weight excluding hydrogens is 328 g/mol. The van der Waals surface area contributed by atoms with E-state index in [4.69, 9.17) is 11.6 Å². The summed E-state index contributed by atoms with van der Waals surface area (Å²) in [5, 5.41) is 13.2. The Morgan fingerprint density at radius 2 is 2.05 bits per heavy atom. The van der Waals surface area contributed by atoms with Crippen molar-refractivity contribution in [2.45, 2.75) is 12.5 Å². The van der Waals surface area contributed by atoms with Crippen LogP contribution in [0.4, 0.5) is 5.82 Å². The fourth-order valence-electron chi connectivity index (χ4n) is 1.77. The van der Waals surface area contributed by atoms with E-state index in [-0.39, 0.29) is 12.6 Å². The Labute approximate surface area is 125 Å². The molecule has 1 heterocycles. The zero-order valence-corrected chi connectivity index (χ0v) is 12.5. The minimum atomic E-state index is -0.0904. The molecular formula is C14H14BrClN2O. The lowest BCUT2D eigenvalue weighted by Crippen LogP contribution is -2.27. The van der Waals surface area contributed by atoms with Gasteiger partial charge in [-0.3, -0.25) is 0 Å². The third-order valence-corrected chi connectivity index (χ3v) is 3.51. The molecule has 0 amide bonds. The fourth-order valence-corrected chi connectivity index (χ4v) is 2.53. The van der Waals surface area contributed by atoms with Crippen LogP contribution in [0.5, 0.6) is 0 Å². The molecule has 5 heteroatoms. The minimum absolute atomic E-state index is 0.0334. The Morgan fingerprint density at radius 1 is 1.32 bits per heavy atom. The first-order chi connectivity index (χ1) is 9.19. The zero-order chi connectivity index (χ0) is 13.7. The van der Waals surface area contributed by atoms with Gasteiger partial charge in [0, 0.05) is 6.20 Å². The van der Waals surface area contributed by atoms with Crippen LogP contribution in [0.1, 0.15) is 5.56 Å². The molecule has 0 saturated heterocycles. The summed E-state index contributed by atoms with van der Waals surface area (Å²) in [6, 6.07) is 11.7. The summed E-state index contributed by atoms with van der Waals surface area (Å²) in [6.45, 7) is 0.0334. The SMILES string of the molecule is OCC(Cc1ccccc1)Nc1ncc(Cl)cc1Br. The highest BCUT2D eigenvalue weighted by Crippen LogP contribution is 2.24. The number of pyridine rings is 1. The molecule has 0 spiro atoms. The van der Waals surface area contributed by atoms with Crippen LogP contribution < -0.4 is 5.32 Å². The second kappa shape index (κ2) is 6.89. The molecule has 19 heavy (non-hydrogen) atoms. The van der Waals surface area contributed by atoms with Gasteiger partial charge in [0.15, 0.2) is 0 Å². The van der Waals surface area contributed by atoms with E-state index in [0.29, 0.717) is 10.8 Å². The highest BCUT2D eigenvalue weighted by atomic mass is 79.9. The molecule has 2 rings (SSSR count). The molecule has 1 aromatic heterocycles. The van der Waals surface area contributed by atoms with E-state index in [1.807, 2.05) is 30.3 Å². The van der Waals surface area contributed by atoms with Crippen LogP contribution in [-0.4, -0.2) is 22.7 Å². The summed E-state index contributed by atoms with van der Waals surface area (Å²) >= 11 is 9.25. The number of benzene rings is 1. The van der Waals surface area contributed by atoms with Crippen molar-refractivity contribution < 1.29 is 5.11 Å². The Bertz CT molecular complexity index is 536. The lowest BCUT2D eigenvalue weighted by atomic mass is 10.1. The van der Waals surface area contributed by atoms with Crippen LogP contribution >= 0.6 is 27.5 Å². The number of halogens is 2. The average molecular weight is 342 g/mol. The molecule has 2 aromatic rings. The van der Waals surface area contributed by atoms with Gasteiger partial charge in [-0.2, -0.15) is 0 Å². The summed E-state index contributed by atoms with van der Waals surface area (Å²) in [5.41, 5.74) is 1.17. The average Bonchev–Trinajstić information content (AvgIpc) is 2.42. The summed E-state index contributed by atoms with van der Waals surface area (Å²) < 4.78 is 0.784. The second-order valence-electron chi connectivity index (χ2n) is 4.20. The maximum absolute atomic E-state index is 9.46. The maximum atomic E-state index is 9.46. The summed E-state index contributed by atoms with van der Waals surface area (Å²) in [4.78, 5) is 4.21. The van der Waals surface area contributed by atoms with Gasteiger partial charge in [0.1, 0.15) is 5.82 Å². The van der Waals surface area contributed by atoms with Crippen molar-refractivity contribution in [3.05, 3.63) is 57.7 Å². The van der Waals surface area contributed by atoms with Crippen LogP contribution in [-0.2, 0) is 6.42 Å². The molecule has 0 saturated carbocycles. The van der Waals surface area contributed by atoms with E-state index < -0.39 is 0 Å². The first-order valence-corrected chi connectivity index (χ1v) is 7.08. The van der Waals surface area contributed by atoms with E-state index in [9.17, 15) is 5.11 Å². The van der Waals surface area contributed by atoms with E-state index in [1.165, 1.54) is 5.56 Å². The molecule has 0 fully saturated rings. The lowest BCUT2D eigenvalue weighted by Gasteiger charge is -2.18. The number of rotatable bonds is 5. The number of hydrogen-bond acceptors (Lipinski definition) is 3. The molecule has 2 N–H and O–H groups in total. The summed E-state index contributed by atoms with van der Waals surface area (Å²) in [5.74, 6) is 0.680. The van der Waals surface area contributed by atoms with Gasteiger partial charge >= 0.3 is 0 Å². The van der Waals surface area contributed by atoms with Crippen molar-refractivity contribution in [3.63, 3.8) is 0 Å². The summed E-state index contributed by atoms with van der Waals surface area (Å²) in [7, 11) is 0. The van der Waals surface area contributed by atoms with Crippen LogP contribution in [0, 0.1) is 0 Å². The smallest absolute Gasteiger partial charge is 0.140 e. The van der Waals surface area contributed by atoms with Crippen LogP contribution in [0.2, 0.25) is 5.02 Å². The molecule has 1 unspecified atom stereocenters. The standard InChI is InChI=1S/C14H14BrClN2O/c15-13-7-11(16)8-17-14(13)18-12(9-19)6-10-4-2-1-3-5-10/h1-5,7-8,12,19H,6,9H2,(H,17,18). The second-order valence-corrected chi connectivity index (χ2v) is 5.49. The van der Waals surface area contributed by atoms with Crippen LogP contribution in [0.15, 0.2) is 47.1 Å². The fraction of sp³-hybridized carbons (Fsp3) is 0.214. The Morgan fingerprint density at radius 3 is 2.68 bits per heavy atom. The Kier molecular flexibility index (Phi) is 5.19. The summed E-state index contributed by atoms with van der Waals surface area (Å²) in [6.07, 6.45) is 2.31. The minimum Gasteiger partial charge on any atom is -0.394 e. The normalized spacial score (nSPS) is 12.2. The number of nitrogens with one attached hydrogen (secondary N) is 1. The van der Waals surface area contributed by atoms with Gasteiger partial charge in [-0.1, -0.05) is 41.9 Å². The monoisotopic (exact) mass is 340 g/mol. The number of aliphatic hydroxyl groups is 1. The molecule has 0 aliphatic rings. The topological polar surface area (TPSA) is 45.1 Å². The van der Waals surface area contributed by atoms with Crippen molar-refractivity contribution in [3.8, 4) is 0 Å². The third-order valence-electron chi connectivity index (χ3n) is 2.69. The Hall–Kier alpha value is -1.10. The Balaban J connectivity index is 2.06. The van der Waals surface area contributed by atoms with Gasteiger partial charge in [-0.05, 0) is 34.0 Å². The maximum Gasteiger partial charge on any atom is 0.140 e. The van der Waals surface area contributed by atoms with Gasteiger partial charge < -0.3 is 10.4 Å². The molecule has 3 nitrogen and oxygen atoms in total. The first-order valence-electron chi connectivity index (χ1n) is 5.91. The van der Waals surface area contributed by atoms with Crippen molar-refractivity contribution >= 4 is 33.3 Å². The van der Waals surface area contributed by atoms with Crippen molar-refractivity contribution in [1.82, 2.24) is 4.98 Å². The molecule has 1 atom stereocenters. The zero-order valence-electron chi connectivity index (χ0n) is 10.2. The van der Waals surface area contributed by atoms with Crippen LogP contribution in [0.25, 0.3) is 0 Å². The lowest BCUT2D eigenvalue weighted by molar-refractivity contribution is 0.273. The van der Waals surface area contributed by atoms with Gasteiger partial charge in [0.2, 0.25) is 0 Å². The number of nitrogens with zero attached hydrogens (tertiary/aromatic N) is 1. The van der Waals surface area contributed by atoms with Gasteiger partial charge in [0.25, 0.3) is 0 Å². The van der Waals surface area contributed by atoms with Crippen molar-refractivity contribution in [2.75, 3.05) is 11.9 Å². The molecule has 0 radical (unpaired) electrons. The van der Waals surface area contributed by atoms with E-state index in [1.54, 1.807) is 12.3 Å². The van der Waals surface area contributed by atoms with E-state index >= 15 is 0 Å². The van der Waals surface area contributed by atoms with Crippen molar-refractivity contribution in [1.29, 1.82) is 0 Å². The predicted molar refractivity (Wildman–Crippen MR) is 81.6 cm³/mol. The number of aliphatic hydroxyl groups excluding tert-OH is 1. The van der Waals surface area contributed by atoms with Crippen LogP contribution in [0.3, 0.4) is 0 Å². The number of hydrogen-bond donors (Lipinski definition) is 2. The molecule has 0 bridgehead atoms. The number of aromatic nitrogens is 1. The molecule has 100 valence electrons. The highest BCUT2D eigenvalue weighted by molar-refractivity contribution is 9.10. The van der Waals surface area contributed by atoms with E-state index in [0.717, 1.165) is 10.9 Å². The number of anilines is 1. The first kappa shape index (κ1) is 14.3. The van der Waals surface area contributed by atoms with Gasteiger partial charge in [-0.15, -0.1) is 0 Å². The third kappa shape index (κ3) is 4.20. The van der Waals surface area contributed by atoms with Gasteiger partial charge in [-0.25, -0.2) is 4.98 Å². The van der Waals surface area contributed by atoms with Gasteiger partial charge in [0.05, 0.1) is 22.1 Å². The quantitative estimate of drug-likeness (QED) is 0.875. The molecule has 1 aromatic carbocycles. The predicted octanol–water partition coefficient (Wildman–Crippen LogP) is 3.51.